The molecular formula is C21H18ClF4N3O4. The number of rotatable bonds is 5. The Morgan fingerprint density at radius 3 is 2.55 bits per heavy atom. The van der Waals surface area contributed by atoms with Gasteiger partial charge in [0.2, 0.25) is 0 Å². The summed E-state index contributed by atoms with van der Waals surface area (Å²) >= 11 is 5.73. The standard InChI is InChI=1S/C21H18ClF4N3O4/c22-16-8-14(21(24,25)26)9-27-18(16)28-17(30)11-33-20(32)13-2-1-7-29(10-13)19(31)12-3-5-15(23)6-4-12/h3-6,8-9,13H,1-2,7,10-11H2,(H,27,28,30). The highest BCUT2D eigenvalue weighted by atomic mass is 35.5. The van der Waals surface area contributed by atoms with Crippen molar-refractivity contribution in [3.8, 4) is 0 Å². The van der Waals surface area contributed by atoms with E-state index < -0.39 is 47.0 Å². The van der Waals surface area contributed by atoms with Crippen molar-refractivity contribution in [1.29, 1.82) is 0 Å². The minimum Gasteiger partial charge on any atom is -0.455 e. The first kappa shape index (κ1) is 24.4. The van der Waals surface area contributed by atoms with Gasteiger partial charge in [-0.05, 0) is 43.2 Å². The Hall–Kier alpha value is -3.21. The SMILES string of the molecule is O=C(COC(=O)C1CCCN(C(=O)c2ccc(F)cc2)C1)Nc1ncc(C(F)(F)F)cc1Cl. The molecule has 1 aromatic carbocycles. The highest BCUT2D eigenvalue weighted by molar-refractivity contribution is 6.33. The van der Waals surface area contributed by atoms with Crippen molar-refractivity contribution in [3.63, 3.8) is 0 Å². The molecule has 1 unspecified atom stereocenters. The summed E-state index contributed by atoms with van der Waals surface area (Å²) in [7, 11) is 0. The number of benzene rings is 1. The zero-order chi connectivity index (χ0) is 24.2. The van der Waals surface area contributed by atoms with Gasteiger partial charge in [-0.2, -0.15) is 13.2 Å². The van der Waals surface area contributed by atoms with Crippen LogP contribution in [0.1, 0.15) is 28.8 Å². The van der Waals surface area contributed by atoms with Crippen LogP contribution >= 0.6 is 11.6 Å². The number of alkyl halides is 3. The fourth-order valence-electron chi connectivity index (χ4n) is 3.24. The van der Waals surface area contributed by atoms with Crippen LogP contribution in [-0.2, 0) is 20.5 Å². The summed E-state index contributed by atoms with van der Waals surface area (Å²) in [5.41, 5.74) is -0.792. The van der Waals surface area contributed by atoms with Gasteiger partial charge in [-0.15, -0.1) is 0 Å². The molecule has 0 bridgehead atoms. The van der Waals surface area contributed by atoms with Gasteiger partial charge in [-0.3, -0.25) is 14.4 Å². The van der Waals surface area contributed by atoms with E-state index in [2.05, 4.69) is 10.3 Å². The molecule has 3 rings (SSSR count). The fraction of sp³-hybridized carbons (Fsp3) is 0.333. The van der Waals surface area contributed by atoms with Crippen molar-refractivity contribution in [2.45, 2.75) is 19.0 Å². The van der Waals surface area contributed by atoms with Crippen LogP contribution in [0, 0.1) is 11.7 Å². The first-order chi connectivity index (χ1) is 15.5. The number of carbonyl (C=O) groups is 3. The third-order valence-corrected chi connectivity index (χ3v) is 5.19. The molecule has 176 valence electrons. The molecule has 1 fully saturated rings. The lowest BCUT2D eigenvalue weighted by atomic mass is 9.97. The molecule has 1 saturated heterocycles. The van der Waals surface area contributed by atoms with Crippen molar-refractivity contribution in [2.75, 3.05) is 25.0 Å². The van der Waals surface area contributed by atoms with Crippen LogP contribution < -0.4 is 5.32 Å². The van der Waals surface area contributed by atoms with E-state index in [0.717, 1.165) is 0 Å². The van der Waals surface area contributed by atoms with E-state index in [1.165, 1.54) is 29.2 Å². The normalized spacial score (nSPS) is 16.3. The van der Waals surface area contributed by atoms with Crippen molar-refractivity contribution in [2.24, 2.45) is 5.92 Å². The van der Waals surface area contributed by atoms with E-state index in [1.54, 1.807) is 0 Å². The number of likely N-dealkylation sites (tertiary alicyclic amines) is 1. The molecular weight excluding hydrogens is 470 g/mol. The lowest BCUT2D eigenvalue weighted by Gasteiger charge is -2.31. The summed E-state index contributed by atoms with van der Waals surface area (Å²) in [5.74, 6) is -3.34. The average molecular weight is 488 g/mol. The Bertz CT molecular complexity index is 1050. The number of halogens is 5. The molecule has 1 aliphatic heterocycles. The van der Waals surface area contributed by atoms with Gasteiger partial charge in [0.1, 0.15) is 5.82 Å². The molecule has 0 spiro atoms. The number of esters is 1. The Kier molecular flexibility index (Phi) is 7.52. The van der Waals surface area contributed by atoms with Gasteiger partial charge in [0.05, 0.1) is 16.5 Å². The van der Waals surface area contributed by atoms with Crippen LogP contribution in [-0.4, -0.2) is 47.4 Å². The molecule has 0 radical (unpaired) electrons. The lowest BCUT2D eigenvalue weighted by Crippen LogP contribution is -2.43. The zero-order valence-electron chi connectivity index (χ0n) is 17.0. The molecule has 1 N–H and O–H groups in total. The number of carbonyl (C=O) groups excluding carboxylic acids is 3. The molecule has 1 atom stereocenters. The van der Waals surface area contributed by atoms with Crippen LogP contribution in [0.4, 0.5) is 23.4 Å². The van der Waals surface area contributed by atoms with Crippen LogP contribution in [0.15, 0.2) is 36.5 Å². The summed E-state index contributed by atoms with van der Waals surface area (Å²) < 4.78 is 56.0. The minimum absolute atomic E-state index is 0.0724. The monoisotopic (exact) mass is 487 g/mol. The average Bonchev–Trinajstić information content (AvgIpc) is 2.78. The number of piperidine rings is 1. The summed E-state index contributed by atoms with van der Waals surface area (Å²) in [6.07, 6.45) is -3.15. The number of ether oxygens (including phenoxy) is 1. The number of hydrogen-bond donors (Lipinski definition) is 1. The number of amides is 2. The summed E-state index contributed by atoms with van der Waals surface area (Å²) in [4.78, 5) is 41.9. The summed E-state index contributed by atoms with van der Waals surface area (Å²) in [6.45, 7) is -0.220. The van der Waals surface area contributed by atoms with Gasteiger partial charge in [0.25, 0.3) is 11.8 Å². The van der Waals surface area contributed by atoms with Gasteiger partial charge in [0, 0.05) is 24.8 Å². The lowest BCUT2D eigenvalue weighted by molar-refractivity contribution is -0.152. The van der Waals surface area contributed by atoms with Gasteiger partial charge >= 0.3 is 12.1 Å². The van der Waals surface area contributed by atoms with Crippen molar-refractivity contribution in [3.05, 3.63) is 58.5 Å². The van der Waals surface area contributed by atoms with E-state index in [-0.39, 0.29) is 23.8 Å². The maximum absolute atomic E-state index is 13.1. The highest BCUT2D eigenvalue weighted by Gasteiger charge is 2.32. The van der Waals surface area contributed by atoms with Crippen molar-refractivity contribution >= 4 is 35.2 Å². The molecule has 1 aliphatic rings. The number of hydrogen-bond acceptors (Lipinski definition) is 5. The van der Waals surface area contributed by atoms with Crippen LogP contribution in [0.3, 0.4) is 0 Å². The van der Waals surface area contributed by atoms with Crippen LogP contribution in [0.5, 0.6) is 0 Å². The smallest absolute Gasteiger partial charge is 0.417 e. The Labute approximate surface area is 190 Å². The first-order valence-electron chi connectivity index (χ1n) is 9.78. The van der Waals surface area contributed by atoms with E-state index >= 15 is 0 Å². The van der Waals surface area contributed by atoms with Crippen LogP contribution in [0.2, 0.25) is 5.02 Å². The first-order valence-corrected chi connectivity index (χ1v) is 10.2. The highest BCUT2D eigenvalue weighted by Crippen LogP contribution is 2.32. The predicted molar refractivity (Wildman–Crippen MR) is 109 cm³/mol. The second-order valence-electron chi connectivity index (χ2n) is 7.31. The van der Waals surface area contributed by atoms with E-state index in [9.17, 15) is 31.9 Å². The predicted octanol–water partition coefficient (Wildman–Crippen LogP) is 3.93. The minimum atomic E-state index is -4.64. The quantitative estimate of drug-likeness (QED) is 0.510. The molecule has 33 heavy (non-hydrogen) atoms. The second-order valence-corrected chi connectivity index (χ2v) is 7.71. The van der Waals surface area contributed by atoms with E-state index in [0.29, 0.717) is 31.6 Å². The van der Waals surface area contributed by atoms with Gasteiger partial charge in [0.15, 0.2) is 12.4 Å². The topological polar surface area (TPSA) is 88.6 Å². The zero-order valence-corrected chi connectivity index (χ0v) is 17.8. The number of aromatic nitrogens is 1. The maximum atomic E-state index is 13.1. The number of anilines is 1. The number of pyridine rings is 1. The molecule has 0 aliphatic carbocycles. The molecule has 2 amide bonds. The molecule has 2 aromatic rings. The van der Waals surface area contributed by atoms with Gasteiger partial charge in [-0.1, -0.05) is 11.6 Å². The van der Waals surface area contributed by atoms with Crippen LogP contribution in [0.25, 0.3) is 0 Å². The van der Waals surface area contributed by atoms with Crippen molar-refractivity contribution < 1.29 is 36.7 Å². The summed E-state index contributed by atoms with van der Waals surface area (Å²) in [6, 6.07) is 5.65. The number of nitrogens with one attached hydrogen (secondary N) is 1. The largest absolute Gasteiger partial charge is 0.455 e. The third kappa shape index (κ3) is 6.41. The van der Waals surface area contributed by atoms with Crippen molar-refractivity contribution in [1.82, 2.24) is 9.88 Å². The third-order valence-electron chi connectivity index (χ3n) is 4.90. The molecule has 7 nitrogen and oxygen atoms in total. The number of nitrogens with zero attached hydrogens (tertiary/aromatic N) is 2. The summed E-state index contributed by atoms with van der Waals surface area (Å²) in [5, 5.41) is 1.75. The molecule has 0 saturated carbocycles. The molecule has 2 heterocycles. The Morgan fingerprint density at radius 1 is 1.21 bits per heavy atom. The molecule has 12 heteroatoms. The Morgan fingerprint density at radius 2 is 1.91 bits per heavy atom. The van der Waals surface area contributed by atoms with E-state index in [4.69, 9.17) is 16.3 Å². The fourth-order valence-corrected chi connectivity index (χ4v) is 3.45. The van der Waals surface area contributed by atoms with Gasteiger partial charge < -0.3 is 15.0 Å². The second kappa shape index (κ2) is 10.2. The maximum Gasteiger partial charge on any atom is 0.417 e. The molecule has 1 aromatic heterocycles. The Balaban J connectivity index is 1.52. The van der Waals surface area contributed by atoms with E-state index in [1.807, 2.05) is 0 Å². The van der Waals surface area contributed by atoms with Gasteiger partial charge in [-0.25, -0.2) is 9.37 Å².